The fourth-order valence-electron chi connectivity index (χ4n) is 1.75. The zero-order valence-electron chi connectivity index (χ0n) is 10.6. The van der Waals surface area contributed by atoms with Gasteiger partial charge in [-0.2, -0.15) is 5.26 Å². The van der Waals surface area contributed by atoms with Crippen LogP contribution >= 0.6 is 0 Å². The van der Waals surface area contributed by atoms with E-state index in [4.69, 9.17) is 16.1 Å². The predicted molar refractivity (Wildman–Crippen MR) is 76.9 cm³/mol. The zero-order chi connectivity index (χ0) is 14.5. The summed E-state index contributed by atoms with van der Waals surface area (Å²) in [6.07, 6.45) is 0.358. The van der Waals surface area contributed by atoms with E-state index >= 15 is 0 Å². The third kappa shape index (κ3) is 3.06. The van der Waals surface area contributed by atoms with E-state index in [9.17, 15) is 4.79 Å². The molecule has 2 aromatic carbocycles. The molecule has 20 heavy (non-hydrogen) atoms. The van der Waals surface area contributed by atoms with Crippen LogP contribution in [0.15, 0.2) is 42.5 Å². The molecular formula is C15H13N3O2. The molecule has 0 amide bonds. The summed E-state index contributed by atoms with van der Waals surface area (Å²) in [7, 11) is 0. The van der Waals surface area contributed by atoms with E-state index in [2.05, 4.69) is 11.4 Å². The highest BCUT2D eigenvalue weighted by Crippen LogP contribution is 2.24. The van der Waals surface area contributed by atoms with Crippen LogP contribution in [-0.2, 0) is 6.42 Å². The lowest BCUT2D eigenvalue weighted by Gasteiger charge is -2.10. The van der Waals surface area contributed by atoms with Gasteiger partial charge in [-0.05, 0) is 35.9 Å². The molecule has 2 aromatic rings. The van der Waals surface area contributed by atoms with Crippen LogP contribution in [0.5, 0.6) is 0 Å². The summed E-state index contributed by atoms with van der Waals surface area (Å²) in [5.74, 6) is -1.00. The summed E-state index contributed by atoms with van der Waals surface area (Å²) in [5.41, 5.74) is 8.69. The van der Waals surface area contributed by atoms with E-state index in [-0.39, 0.29) is 5.56 Å². The Hall–Kier alpha value is -3.00. The maximum absolute atomic E-state index is 10.9. The maximum atomic E-state index is 10.9. The normalized spacial score (nSPS) is 9.75. The topological polar surface area (TPSA) is 99.1 Å². The van der Waals surface area contributed by atoms with Crippen molar-refractivity contribution in [3.8, 4) is 6.07 Å². The van der Waals surface area contributed by atoms with E-state index in [1.807, 2.05) is 24.3 Å². The largest absolute Gasteiger partial charge is 0.478 e. The molecule has 5 nitrogen and oxygen atoms in total. The lowest BCUT2D eigenvalue weighted by atomic mass is 10.1. The van der Waals surface area contributed by atoms with Crippen LogP contribution in [0.1, 0.15) is 15.9 Å². The quantitative estimate of drug-likeness (QED) is 0.740. The molecule has 0 aromatic heterocycles. The number of nitrogen functional groups attached to an aromatic ring is 1. The number of anilines is 3. The van der Waals surface area contributed by atoms with Crippen LogP contribution in [0.4, 0.5) is 17.1 Å². The molecule has 0 aliphatic heterocycles. The Kier molecular flexibility index (Phi) is 3.87. The van der Waals surface area contributed by atoms with Crippen molar-refractivity contribution in [1.82, 2.24) is 0 Å². The molecule has 0 atom stereocenters. The molecule has 0 radical (unpaired) electrons. The van der Waals surface area contributed by atoms with E-state index < -0.39 is 5.97 Å². The number of rotatable bonds is 4. The molecule has 0 spiro atoms. The lowest BCUT2D eigenvalue weighted by Crippen LogP contribution is -2.01. The van der Waals surface area contributed by atoms with Gasteiger partial charge in [0.05, 0.1) is 29.4 Å². The monoisotopic (exact) mass is 267 g/mol. The van der Waals surface area contributed by atoms with Gasteiger partial charge < -0.3 is 16.2 Å². The summed E-state index contributed by atoms with van der Waals surface area (Å²) in [6.45, 7) is 0. The van der Waals surface area contributed by atoms with E-state index in [1.54, 1.807) is 6.07 Å². The molecule has 0 fully saturated rings. The average Bonchev–Trinajstić information content (AvgIpc) is 2.43. The highest BCUT2D eigenvalue weighted by Gasteiger charge is 2.07. The van der Waals surface area contributed by atoms with Gasteiger partial charge in [-0.15, -0.1) is 0 Å². The molecule has 0 unspecified atom stereocenters. The number of nitrogens with zero attached hydrogens (tertiary/aromatic N) is 1. The minimum atomic E-state index is -1.00. The van der Waals surface area contributed by atoms with Gasteiger partial charge in [-0.3, -0.25) is 0 Å². The van der Waals surface area contributed by atoms with E-state index in [0.717, 1.165) is 11.3 Å². The number of carbonyl (C=O) groups is 1. The van der Waals surface area contributed by atoms with Gasteiger partial charge in [0.25, 0.3) is 0 Å². The van der Waals surface area contributed by atoms with Crippen LogP contribution < -0.4 is 11.1 Å². The molecule has 0 saturated carbocycles. The first-order valence-corrected chi connectivity index (χ1v) is 5.96. The highest BCUT2D eigenvalue weighted by molar-refractivity contribution is 5.91. The van der Waals surface area contributed by atoms with Gasteiger partial charge in [0.15, 0.2) is 0 Å². The number of carboxylic acids is 1. The first-order chi connectivity index (χ1) is 9.60. The Morgan fingerprint density at radius 2 is 1.95 bits per heavy atom. The zero-order valence-corrected chi connectivity index (χ0v) is 10.6. The van der Waals surface area contributed by atoms with Crippen molar-refractivity contribution < 1.29 is 9.90 Å². The van der Waals surface area contributed by atoms with Crippen molar-refractivity contribution in [3.05, 3.63) is 53.6 Å². The Balaban J connectivity index is 2.23. The maximum Gasteiger partial charge on any atom is 0.335 e. The Labute approximate surface area is 116 Å². The predicted octanol–water partition coefficient (Wildman–Crippen LogP) is 2.78. The van der Waals surface area contributed by atoms with Crippen molar-refractivity contribution in [2.45, 2.75) is 6.42 Å². The van der Waals surface area contributed by atoms with E-state index in [1.165, 1.54) is 12.1 Å². The third-order valence-corrected chi connectivity index (χ3v) is 2.82. The second-order valence-corrected chi connectivity index (χ2v) is 4.26. The summed E-state index contributed by atoms with van der Waals surface area (Å²) in [4.78, 5) is 10.9. The van der Waals surface area contributed by atoms with Crippen LogP contribution in [0.3, 0.4) is 0 Å². The molecule has 0 saturated heterocycles. The molecule has 2 rings (SSSR count). The number of nitrogens with one attached hydrogen (secondary N) is 1. The van der Waals surface area contributed by atoms with Crippen molar-refractivity contribution in [1.29, 1.82) is 5.26 Å². The van der Waals surface area contributed by atoms with Gasteiger partial charge in [0.1, 0.15) is 0 Å². The number of nitrogens with two attached hydrogens (primary N) is 1. The second kappa shape index (κ2) is 5.76. The first kappa shape index (κ1) is 13.4. The molecule has 0 aliphatic rings. The Morgan fingerprint density at radius 3 is 2.55 bits per heavy atom. The first-order valence-electron chi connectivity index (χ1n) is 5.96. The average molecular weight is 267 g/mol. The van der Waals surface area contributed by atoms with Crippen LogP contribution in [0.25, 0.3) is 0 Å². The van der Waals surface area contributed by atoms with E-state index in [0.29, 0.717) is 17.8 Å². The number of carboxylic acid groups (broad SMARTS) is 1. The fourth-order valence-corrected chi connectivity index (χ4v) is 1.75. The van der Waals surface area contributed by atoms with Crippen molar-refractivity contribution in [2.75, 3.05) is 11.1 Å². The minimum absolute atomic E-state index is 0.169. The van der Waals surface area contributed by atoms with Crippen LogP contribution in [0, 0.1) is 11.3 Å². The molecule has 100 valence electrons. The number of nitriles is 1. The number of hydrogen-bond acceptors (Lipinski definition) is 4. The number of benzene rings is 2. The SMILES string of the molecule is N#CCc1ccc(Nc2cc(C(=O)O)ccc2N)cc1. The van der Waals surface area contributed by atoms with Gasteiger partial charge in [-0.25, -0.2) is 4.79 Å². The van der Waals surface area contributed by atoms with Crippen molar-refractivity contribution in [2.24, 2.45) is 0 Å². The molecular weight excluding hydrogens is 254 g/mol. The molecule has 5 heteroatoms. The minimum Gasteiger partial charge on any atom is -0.478 e. The highest BCUT2D eigenvalue weighted by atomic mass is 16.4. The fraction of sp³-hybridized carbons (Fsp3) is 0.0667. The van der Waals surface area contributed by atoms with Crippen molar-refractivity contribution in [3.63, 3.8) is 0 Å². The number of aromatic carboxylic acids is 1. The van der Waals surface area contributed by atoms with Gasteiger partial charge >= 0.3 is 5.97 Å². The summed E-state index contributed by atoms with van der Waals surface area (Å²) in [6, 6.07) is 13.9. The Bertz CT molecular complexity index is 673. The van der Waals surface area contributed by atoms with Gasteiger partial charge in [0, 0.05) is 5.69 Å². The molecule has 0 heterocycles. The van der Waals surface area contributed by atoms with Crippen LogP contribution in [-0.4, -0.2) is 11.1 Å². The van der Waals surface area contributed by atoms with Gasteiger partial charge in [-0.1, -0.05) is 12.1 Å². The lowest BCUT2D eigenvalue weighted by molar-refractivity contribution is 0.0697. The summed E-state index contributed by atoms with van der Waals surface area (Å²) in [5, 5.41) is 20.6. The smallest absolute Gasteiger partial charge is 0.335 e. The van der Waals surface area contributed by atoms with Crippen molar-refractivity contribution >= 4 is 23.0 Å². The second-order valence-electron chi connectivity index (χ2n) is 4.26. The summed E-state index contributed by atoms with van der Waals surface area (Å²) >= 11 is 0. The van der Waals surface area contributed by atoms with Gasteiger partial charge in [0.2, 0.25) is 0 Å². The van der Waals surface area contributed by atoms with Crippen LogP contribution in [0.2, 0.25) is 0 Å². The molecule has 4 N–H and O–H groups in total. The number of hydrogen-bond donors (Lipinski definition) is 3. The standard InChI is InChI=1S/C15H13N3O2/c16-8-7-10-1-4-12(5-2-10)18-14-9-11(15(19)20)3-6-13(14)17/h1-6,9,18H,7,17H2,(H,19,20). The molecule has 0 aliphatic carbocycles. The molecule has 0 bridgehead atoms. The Morgan fingerprint density at radius 1 is 1.25 bits per heavy atom. The third-order valence-electron chi connectivity index (χ3n) is 2.82. The summed E-state index contributed by atoms with van der Waals surface area (Å²) < 4.78 is 0.